The van der Waals surface area contributed by atoms with Gasteiger partial charge in [0, 0.05) is 17.6 Å². The van der Waals surface area contributed by atoms with Crippen molar-refractivity contribution in [1.82, 2.24) is 4.31 Å². The SMILES string of the molecule is O=S(=O)(c1cccc(Br)c1)N1CCc2ccccc2CC1. The molecular weight excluding hydrogens is 350 g/mol. The summed E-state index contributed by atoms with van der Waals surface area (Å²) >= 11 is 3.33. The van der Waals surface area contributed by atoms with Crippen LogP contribution in [0.2, 0.25) is 0 Å². The Morgan fingerprint density at radius 1 is 0.905 bits per heavy atom. The van der Waals surface area contributed by atoms with Gasteiger partial charge in [-0.15, -0.1) is 0 Å². The molecule has 0 fully saturated rings. The molecule has 2 aromatic carbocycles. The largest absolute Gasteiger partial charge is 0.243 e. The van der Waals surface area contributed by atoms with Gasteiger partial charge in [0.1, 0.15) is 0 Å². The predicted molar refractivity (Wildman–Crippen MR) is 86.8 cm³/mol. The summed E-state index contributed by atoms with van der Waals surface area (Å²) in [6.07, 6.45) is 1.53. The maximum absolute atomic E-state index is 12.7. The van der Waals surface area contributed by atoms with E-state index in [2.05, 4.69) is 28.1 Å². The third-order valence-corrected chi connectivity index (χ3v) is 6.20. The van der Waals surface area contributed by atoms with E-state index in [4.69, 9.17) is 0 Å². The number of halogens is 1. The van der Waals surface area contributed by atoms with E-state index >= 15 is 0 Å². The first kappa shape index (κ1) is 14.8. The average molecular weight is 366 g/mol. The Balaban J connectivity index is 1.88. The fourth-order valence-corrected chi connectivity index (χ4v) is 4.70. The third kappa shape index (κ3) is 3.05. The summed E-state index contributed by atoms with van der Waals surface area (Å²) < 4.78 is 27.9. The summed E-state index contributed by atoms with van der Waals surface area (Å²) in [7, 11) is -3.42. The van der Waals surface area contributed by atoms with E-state index in [9.17, 15) is 8.42 Å². The molecule has 1 heterocycles. The molecule has 0 amide bonds. The first-order chi connectivity index (χ1) is 10.1. The summed E-state index contributed by atoms with van der Waals surface area (Å²) in [5, 5.41) is 0. The van der Waals surface area contributed by atoms with Crippen LogP contribution < -0.4 is 0 Å². The lowest BCUT2D eigenvalue weighted by Crippen LogP contribution is -2.33. The zero-order valence-electron chi connectivity index (χ0n) is 11.5. The number of hydrogen-bond acceptors (Lipinski definition) is 2. The molecule has 0 aliphatic carbocycles. The molecule has 3 nitrogen and oxygen atoms in total. The van der Waals surface area contributed by atoms with Crippen molar-refractivity contribution >= 4 is 26.0 Å². The minimum atomic E-state index is -3.42. The van der Waals surface area contributed by atoms with E-state index < -0.39 is 10.0 Å². The van der Waals surface area contributed by atoms with Gasteiger partial charge in [0.25, 0.3) is 0 Å². The molecule has 0 aromatic heterocycles. The first-order valence-electron chi connectivity index (χ1n) is 6.90. The van der Waals surface area contributed by atoms with Crippen LogP contribution in [0.5, 0.6) is 0 Å². The molecule has 0 bridgehead atoms. The van der Waals surface area contributed by atoms with Gasteiger partial charge in [0.15, 0.2) is 0 Å². The molecule has 0 saturated heterocycles. The molecular formula is C16H16BrNO2S. The Morgan fingerprint density at radius 2 is 1.52 bits per heavy atom. The van der Waals surface area contributed by atoms with Crippen molar-refractivity contribution in [1.29, 1.82) is 0 Å². The van der Waals surface area contributed by atoms with Crippen LogP contribution in [0.3, 0.4) is 0 Å². The standard InChI is InChI=1S/C16H16BrNO2S/c17-15-6-3-7-16(12-15)21(19,20)18-10-8-13-4-1-2-5-14(13)9-11-18/h1-7,12H,8-11H2. The molecule has 21 heavy (non-hydrogen) atoms. The Morgan fingerprint density at radius 3 is 2.10 bits per heavy atom. The predicted octanol–water partition coefficient (Wildman–Crippen LogP) is 3.24. The quantitative estimate of drug-likeness (QED) is 0.818. The van der Waals surface area contributed by atoms with Crippen LogP contribution in [-0.2, 0) is 22.9 Å². The molecule has 1 aliphatic rings. The van der Waals surface area contributed by atoms with Crippen LogP contribution in [0.1, 0.15) is 11.1 Å². The molecule has 0 unspecified atom stereocenters. The van der Waals surface area contributed by atoms with Gasteiger partial charge in [-0.3, -0.25) is 0 Å². The highest BCUT2D eigenvalue weighted by molar-refractivity contribution is 9.10. The third-order valence-electron chi connectivity index (χ3n) is 3.81. The van der Waals surface area contributed by atoms with Crippen molar-refractivity contribution in [3.8, 4) is 0 Å². The van der Waals surface area contributed by atoms with Gasteiger partial charge >= 0.3 is 0 Å². The number of fused-ring (bicyclic) bond motifs is 1. The van der Waals surface area contributed by atoms with Crippen molar-refractivity contribution in [3.63, 3.8) is 0 Å². The van der Waals surface area contributed by atoms with Crippen molar-refractivity contribution in [2.24, 2.45) is 0 Å². The molecule has 5 heteroatoms. The average Bonchev–Trinajstić information content (AvgIpc) is 2.70. The van der Waals surface area contributed by atoms with Gasteiger partial charge in [-0.25, -0.2) is 8.42 Å². The van der Waals surface area contributed by atoms with E-state index in [1.807, 2.05) is 18.2 Å². The summed E-state index contributed by atoms with van der Waals surface area (Å²) in [6, 6.07) is 15.1. The van der Waals surface area contributed by atoms with E-state index in [0.29, 0.717) is 18.0 Å². The molecule has 0 atom stereocenters. The smallest absolute Gasteiger partial charge is 0.207 e. The Kier molecular flexibility index (Phi) is 4.15. The fraction of sp³-hybridized carbons (Fsp3) is 0.250. The van der Waals surface area contributed by atoms with Crippen molar-refractivity contribution in [2.45, 2.75) is 17.7 Å². The van der Waals surface area contributed by atoms with Gasteiger partial charge in [0.2, 0.25) is 10.0 Å². The fourth-order valence-electron chi connectivity index (χ4n) is 2.66. The van der Waals surface area contributed by atoms with Crippen molar-refractivity contribution in [2.75, 3.05) is 13.1 Å². The highest BCUT2D eigenvalue weighted by Crippen LogP contribution is 2.23. The van der Waals surface area contributed by atoms with Gasteiger partial charge in [0.05, 0.1) is 4.90 Å². The summed E-state index contributed by atoms with van der Waals surface area (Å²) in [6.45, 7) is 1.07. The lowest BCUT2D eigenvalue weighted by atomic mass is 10.0. The Labute approximate surface area is 133 Å². The highest BCUT2D eigenvalue weighted by atomic mass is 79.9. The number of rotatable bonds is 2. The zero-order valence-corrected chi connectivity index (χ0v) is 13.9. The zero-order chi connectivity index (χ0) is 14.9. The number of benzene rings is 2. The number of nitrogens with zero attached hydrogens (tertiary/aromatic N) is 1. The summed E-state index contributed by atoms with van der Waals surface area (Å²) in [4.78, 5) is 0.350. The van der Waals surface area contributed by atoms with Gasteiger partial charge in [-0.2, -0.15) is 4.31 Å². The highest BCUT2D eigenvalue weighted by Gasteiger charge is 2.26. The van der Waals surface area contributed by atoms with Gasteiger partial charge in [-0.1, -0.05) is 46.3 Å². The van der Waals surface area contributed by atoms with Crippen LogP contribution in [0.15, 0.2) is 57.9 Å². The van der Waals surface area contributed by atoms with Crippen LogP contribution in [-0.4, -0.2) is 25.8 Å². The van der Waals surface area contributed by atoms with Crippen molar-refractivity contribution in [3.05, 3.63) is 64.1 Å². The summed E-state index contributed by atoms with van der Waals surface area (Å²) in [5.74, 6) is 0. The number of hydrogen-bond donors (Lipinski definition) is 0. The molecule has 0 saturated carbocycles. The van der Waals surface area contributed by atoms with Gasteiger partial charge in [-0.05, 0) is 42.2 Å². The first-order valence-corrected chi connectivity index (χ1v) is 9.13. The molecule has 0 N–H and O–H groups in total. The molecule has 3 rings (SSSR count). The van der Waals surface area contributed by atoms with E-state index in [0.717, 1.165) is 17.3 Å². The normalized spacial score (nSPS) is 16.2. The van der Waals surface area contributed by atoms with Crippen LogP contribution >= 0.6 is 15.9 Å². The van der Waals surface area contributed by atoms with E-state index in [1.165, 1.54) is 11.1 Å². The Hall–Kier alpha value is -1.17. The molecule has 2 aromatic rings. The van der Waals surface area contributed by atoms with Crippen LogP contribution in [0.25, 0.3) is 0 Å². The monoisotopic (exact) mass is 365 g/mol. The van der Waals surface area contributed by atoms with Crippen LogP contribution in [0.4, 0.5) is 0 Å². The molecule has 0 spiro atoms. The molecule has 110 valence electrons. The molecule has 0 radical (unpaired) electrons. The second-order valence-electron chi connectivity index (χ2n) is 5.13. The lowest BCUT2D eigenvalue weighted by Gasteiger charge is -2.20. The topological polar surface area (TPSA) is 37.4 Å². The maximum atomic E-state index is 12.7. The molecule has 1 aliphatic heterocycles. The second-order valence-corrected chi connectivity index (χ2v) is 7.98. The lowest BCUT2D eigenvalue weighted by molar-refractivity contribution is 0.426. The van der Waals surface area contributed by atoms with Crippen LogP contribution in [0, 0.1) is 0 Å². The van der Waals surface area contributed by atoms with E-state index in [-0.39, 0.29) is 0 Å². The summed E-state index contributed by atoms with van der Waals surface area (Å²) in [5.41, 5.74) is 2.51. The minimum absolute atomic E-state index is 0.350. The maximum Gasteiger partial charge on any atom is 0.243 e. The Bertz CT molecular complexity index is 731. The second kappa shape index (κ2) is 5.91. The number of sulfonamides is 1. The van der Waals surface area contributed by atoms with E-state index in [1.54, 1.807) is 22.5 Å². The van der Waals surface area contributed by atoms with Gasteiger partial charge < -0.3 is 0 Å². The van der Waals surface area contributed by atoms with Crippen molar-refractivity contribution < 1.29 is 8.42 Å². The minimum Gasteiger partial charge on any atom is -0.207 e.